The molecule has 2 aliphatic heterocycles. The van der Waals surface area contributed by atoms with Crippen molar-refractivity contribution in [3.05, 3.63) is 53.6 Å². The molecule has 0 bridgehead atoms. The normalized spacial score (nSPS) is 18.1. The van der Waals surface area contributed by atoms with Crippen molar-refractivity contribution in [2.75, 3.05) is 29.9 Å². The number of benzene rings is 2. The SMILES string of the molecule is CC1(C)C(=O)N(CC(=O)Nc2cc(F)ccc2F)c2ccc(S(=O)(=O)N3CCCC3)cc21. The van der Waals surface area contributed by atoms with E-state index in [2.05, 4.69) is 5.32 Å². The molecule has 0 unspecified atom stereocenters. The Morgan fingerprint density at radius 3 is 2.47 bits per heavy atom. The van der Waals surface area contributed by atoms with E-state index in [1.54, 1.807) is 13.8 Å². The molecule has 2 aliphatic rings. The minimum absolute atomic E-state index is 0.104. The van der Waals surface area contributed by atoms with Crippen molar-refractivity contribution in [1.29, 1.82) is 0 Å². The lowest BCUT2D eigenvalue weighted by molar-refractivity contribution is -0.124. The summed E-state index contributed by atoms with van der Waals surface area (Å²) >= 11 is 0. The summed E-state index contributed by atoms with van der Waals surface area (Å²) in [5.41, 5.74) is -0.480. The molecule has 10 heteroatoms. The monoisotopic (exact) mass is 463 g/mol. The van der Waals surface area contributed by atoms with Crippen LogP contribution in [0.15, 0.2) is 41.3 Å². The van der Waals surface area contributed by atoms with Crippen LogP contribution in [0.3, 0.4) is 0 Å². The lowest BCUT2D eigenvalue weighted by Crippen LogP contribution is -2.40. The van der Waals surface area contributed by atoms with Crippen LogP contribution in [0.25, 0.3) is 0 Å². The lowest BCUT2D eigenvalue weighted by atomic mass is 9.86. The molecular formula is C22H23F2N3O4S. The number of anilines is 2. The van der Waals surface area contributed by atoms with E-state index in [-0.39, 0.29) is 10.6 Å². The third-order valence-corrected chi connectivity index (χ3v) is 7.81. The van der Waals surface area contributed by atoms with E-state index in [1.807, 2.05) is 0 Å². The highest BCUT2D eigenvalue weighted by molar-refractivity contribution is 7.89. The molecule has 32 heavy (non-hydrogen) atoms. The minimum Gasteiger partial charge on any atom is -0.322 e. The van der Waals surface area contributed by atoms with Crippen LogP contribution >= 0.6 is 0 Å². The first-order chi connectivity index (χ1) is 15.0. The van der Waals surface area contributed by atoms with Crippen LogP contribution in [-0.2, 0) is 25.0 Å². The first-order valence-electron chi connectivity index (χ1n) is 10.2. The largest absolute Gasteiger partial charge is 0.322 e. The van der Waals surface area contributed by atoms with E-state index < -0.39 is 45.4 Å². The molecule has 2 heterocycles. The fraction of sp³-hybridized carbons (Fsp3) is 0.364. The van der Waals surface area contributed by atoms with Crippen LogP contribution in [0.2, 0.25) is 0 Å². The smallest absolute Gasteiger partial charge is 0.244 e. The van der Waals surface area contributed by atoms with Crippen LogP contribution in [0, 0.1) is 11.6 Å². The number of rotatable bonds is 5. The Balaban J connectivity index is 1.62. The highest BCUT2D eigenvalue weighted by atomic mass is 32.2. The van der Waals surface area contributed by atoms with Gasteiger partial charge in [0.2, 0.25) is 21.8 Å². The quantitative estimate of drug-likeness (QED) is 0.739. The zero-order valence-electron chi connectivity index (χ0n) is 17.7. The number of halogens is 2. The first kappa shape index (κ1) is 22.3. The third kappa shape index (κ3) is 3.77. The van der Waals surface area contributed by atoms with Crippen molar-refractivity contribution < 1.29 is 26.8 Å². The molecule has 0 radical (unpaired) electrons. The van der Waals surface area contributed by atoms with E-state index in [0.717, 1.165) is 31.0 Å². The Hall–Kier alpha value is -2.85. The van der Waals surface area contributed by atoms with Gasteiger partial charge in [-0.1, -0.05) is 0 Å². The van der Waals surface area contributed by atoms with Crippen molar-refractivity contribution in [2.24, 2.45) is 0 Å². The number of sulfonamides is 1. The van der Waals surface area contributed by atoms with Gasteiger partial charge in [-0.25, -0.2) is 17.2 Å². The average molecular weight is 464 g/mol. The maximum Gasteiger partial charge on any atom is 0.244 e. The molecular weight excluding hydrogens is 440 g/mol. The van der Waals surface area contributed by atoms with Gasteiger partial charge in [0, 0.05) is 24.8 Å². The van der Waals surface area contributed by atoms with Gasteiger partial charge in [0.1, 0.15) is 18.2 Å². The summed E-state index contributed by atoms with van der Waals surface area (Å²) in [5.74, 6) is -2.61. The molecule has 170 valence electrons. The van der Waals surface area contributed by atoms with E-state index in [0.29, 0.717) is 24.3 Å². The Kier molecular flexibility index (Phi) is 5.54. The van der Waals surface area contributed by atoms with E-state index in [4.69, 9.17) is 0 Å². The molecule has 0 spiro atoms. The molecule has 1 saturated heterocycles. The zero-order chi connectivity index (χ0) is 23.3. The Morgan fingerprint density at radius 2 is 1.78 bits per heavy atom. The second-order valence-corrected chi connectivity index (χ2v) is 10.4. The Bertz CT molecular complexity index is 1210. The lowest BCUT2D eigenvalue weighted by Gasteiger charge is -2.20. The van der Waals surface area contributed by atoms with Crippen LogP contribution in [0.1, 0.15) is 32.3 Å². The van der Waals surface area contributed by atoms with Crippen molar-refractivity contribution in [3.63, 3.8) is 0 Å². The second kappa shape index (κ2) is 7.93. The Labute approximate surface area is 185 Å². The maximum atomic E-state index is 13.8. The van der Waals surface area contributed by atoms with Gasteiger partial charge in [-0.15, -0.1) is 0 Å². The highest BCUT2D eigenvalue weighted by Crippen LogP contribution is 2.43. The number of nitrogens with zero attached hydrogens (tertiary/aromatic N) is 2. The predicted molar refractivity (Wildman–Crippen MR) is 115 cm³/mol. The van der Waals surface area contributed by atoms with Gasteiger partial charge in [0.25, 0.3) is 0 Å². The van der Waals surface area contributed by atoms with Gasteiger partial charge < -0.3 is 10.2 Å². The first-order valence-corrected chi connectivity index (χ1v) is 11.7. The van der Waals surface area contributed by atoms with Gasteiger partial charge in [-0.05, 0) is 62.6 Å². The van der Waals surface area contributed by atoms with Gasteiger partial charge >= 0.3 is 0 Å². The summed E-state index contributed by atoms with van der Waals surface area (Å²) in [6, 6.07) is 7.12. The van der Waals surface area contributed by atoms with E-state index in [1.165, 1.54) is 27.4 Å². The predicted octanol–water partition coefficient (Wildman–Crippen LogP) is 3.01. The Morgan fingerprint density at radius 1 is 1.09 bits per heavy atom. The fourth-order valence-corrected chi connectivity index (χ4v) is 5.68. The van der Waals surface area contributed by atoms with Gasteiger partial charge in [0.15, 0.2) is 0 Å². The molecule has 2 aromatic carbocycles. The summed E-state index contributed by atoms with van der Waals surface area (Å²) in [4.78, 5) is 26.9. The van der Waals surface area contributed by atoms with Crippen molar-refractivity contribution in [3.8, 4) is 0 Å². The molecule has 2 aromatic rings. The van der Waals surface area contributed by atoms with Crippen molar-refractivity contribution in [2.45, 2.75) is 37.0 Å². The number of hydrogen-bond donors (Lipinski definition) is 1. The standard InChI is InChI=1S/C22H23F2N3O4S/c1-22(2)16-12-15(32(30,31)26-9-3-4-10-26)6-8-19(16)27(21(22)29)13-20(28)25-18-11-14(23)5-7-17(18)24/h5-8,11-12H,3-4,9-10,13H2,1-2H3,(H,25,28). The molecule has 4 rings (SSSR count). The summed E-state index contributed by atoms with van der Waals surface area (Å²) in [6.45, 7) is 3.81. The molecule has 7 nitrogen and oxygen atoms in total. The summed E-state index contributed by atoms with van der Waals surface area (Å²) in [6.07, 6.45) is 1.62. The summed E-state index contributed by atoms with van der Waals surface area (Å²) in [7, 11) is -3.67. The topological polar surface area (TPSA) is 86.8 Å². The van der Waals surface area contributed by atoms with E-state index >= 15 is 0 Å². The van der Waals surface area contributed by atoms with Gasteiger partial charge in [0.05, 0.1) is 16.0 Å². The molecule has 1 N–H and O–H groups in total. The van der Waals surface area contributed by atoms with Crippen LogP contribution in [0.4, 0.5) is 20.2 Å². The average Bonchev–Trinajstić information content (AvgIpc) is 3.34. The second-order valence-electron chi connectivity index (χ2n) is 8.48. The van der Waals surface area contributed by atoms with Crippen molar-refractivity contribution >= 4 is 33.2 Å². The molecule has 1 fully saturated rings. The van der Waals surface area contributed by atoms with Crippen molar-refractivity contribution in [1.82, 2.24) is 4.31 Å². The number of amides is 2. The number of nitrogens with one attached hydrogen (secondary N) is 1. The van der Waals surface area contributed by atoms with Gasteiger partial charge in [-0.3, -0.25) is 9.59 Å². The van der Waals surface area contributed by atoms with Crippen LogP contribution < -0.4 is 10.2 Å². The van der Waals surface area contributed by atoms with Crippen LogP contribution in [0.5, 0.6) is 0 Å². The summed E-state index contributed by atoms with van der Waals surface area (Å²) in [5, 5.41) is 2.28. The highest BCUT2D eigenvalue weighted by Gasteiger charge is 2.45. The molecule has 2 amide bonds. The molecule has 0 aromatic heterocycles. The van der Waals surface area contributed by atoms with Gasteiger partial charge in [-0.2, -0.15) is 4.31 Å². The number of carbonyl (C=O) groups excluding carboxylic acids is 2. The van der Waals surface area contributed by atoms with Crippen LogP contribution in [-0.4, -0.2) is 44.2 Å². The zero-order valence-corrected chi connectivity index (χ0v) is 18.5. The van der Waals surface area contributed by atoms with E-state index in [9.17, 15) is 26.8 Å². The number of hydrogen-bond acceptors (Lipinski definition) is 4. The fourth-order valence-electron chi connectivity index (χ4n) is 4.13. The molecule has 0 aliphatic carbocycles. The summed E-state index contributed by atoms with van der Waals surface area (Å²) < 4.78 is 54.5. The third-order valence-electron chi connectivity index (χ3n) is 5.92. The molecule has 0 saturated carbocycles. The molecule has 0 atom stereocenters. The minimum atomic E-state index is -3.67. The number of carbonyl (C=O) groups is 2. The maximum absolute atomic E-state index is 13.8. The number of fused-ring (bicyclic) bond motifs is 1.